The summed E-state index contributed by atoms with van der Waals surface area (Å²) < 4.78 is 5.28. The van der Waals surface area contributed by atoms with Crippen molar-refractivity contribution in [3.05, 3.63) is 71.8 Å². The first-order valence-electron chi connectivity index (χ1n) is 7.95. The van der Waals surface area contributed by atoms with Gasteiger partial charge < -0.3 is 11.3 Å². The molecule has 4 nitrogen and oxygen atoms in total. The van der Waals surface area contributed by atoms with Gasteiger partial charge in [-0.05, 0) is 11.1 Å². The summed E-state index contributed by atoms with van der Waals surface area (Å²) in [7, 11) is 0. The summed E-state index contributed by atoms with van der Waals surface area (Å²) in [6, 6.07) is 19.9. The van der Waals surface area contributed by atoms with Gasteiger partial charge in [0.2, 0.25) is 0 Å². The molecule has 0 amide bonds. The molecule has 0 radical (unpaired) electrons. The van der Waals surface area contributed by atoms with Crippen LogP contribution in [0.15, 0.2) is 60.7 Å². The fraction of sp³-hybridized carbons (Fsp3) is 0.316. The molecule has 2 aromatic carbocycles. The molecule has 1 unspecified atom stereocenters. The molecule has 3 atom stereocenters. The number of carboxylic acid groups (broad SMARTS) is 1. The fourth-order valence-electron chi connectivity index (χ4n) is 3.63. The molecule has 5 heteroatoms. The number of nitrogens with zero attached hydrogens (tertiary/aromatic N) is 1. The van der Waals surface area contributed by atoms with E-state index in [1.165, 1.54) is 0 Å². The van der Waals surface area contributed by atoms with E-state index in [1.807, 2.05) is 36.4 Å². The summed E-state index contributed by atoms with van der Waals surface area (Å²) in [4.78, 5) is 13.8. The van der Waals surface area contributed by atoms with Gasteiger partial charge in [-0.2, -0.15) is 0 Å². The first-order valence-corrected chi connectivity index (χ1v) is 7.95. The number of carbonyl (C=O) groups is 1. The van der Waals surface area contributed by atoms with E-state index in [0.29, 0.717) is 19.1 Å². The molecule has 2 aliphatic heterocycles. The summed E-state index contributed by atoms with van der Waals surface area (Å²) in [6.07, 6.45) is 0. The maximum absolute atomic E-state index is 11.7. The number of rotatable bonds is 5. The molecule has 120 valence electrons. The monoisotopic (exact) mass is 333 g/mol. The van der Waals surface area contributed by atoms with Crippen LogP contribution < -0.4 is 29.6 Å². The summed E-state index contributed by atoms with van der Waals surface area (Å²) in [5.74, 6) is -0.412. The average molecular weight is 333 g/mol. The van der Waals surface area contributed by atoms with Crippen molar-refractivity contribution >= 4 is 5.97 Å². The van der Waals surface area contributed by atoms with Crippen LogP contribution in [0.25, 0.3) is 0 Å². The van der Waals surface area contributed by atoms with Gasteiger partial charge in [0.05, 0.1) is 19.3 Å². The SMILES string of the molecule is O=C(O)[C@H]1[C@H](C2COC2)N1C(c1ccccc1)c1ccccc1.[H-].[Na+]. The molecule has 2 aromatic rings. The predicted molar refractivity (Wildman–Crippen MR) is 87.2 cm³/mol. The van der Waals surface area contributed by atoms with Gasteiger partial charge in [-0.1, -0.05) is 60.7 Å². The van der Waals surface area contributed by atoms with Crippen molar-refractivity contribution < 1.29 is 45.6 Å². The third-order valence-electron chi connectivity index (χ3n) is 4.83. The molecule has 1 N–H and O–H groups in total. The molecule has 4 rings (SSSR count). The van der Waals surface area contributed by atoms with Crippen molar-refractivity contribution in [3.63, 3.8) is 0 Å². The normalized spacial score (nSPS) is 25.6. The number of aliphatic carboxylic acids is 1. The second-order valence-corrected chi connectivity index (χ2v) is 6.24. The van der Waals surface area contributed by atoms with E-state index in [4.69, 9.17) is 4.74 Å². The van der Waals surface area contributed by atoms with Crippen LogP contribution in [-0.2, 0) is 9.53 Å². The van der Waals surface area contributed by atoms with Crippen LogP contribution in [-0.4, -0.2) is 41.3 Å². The Labute approximate surface area is 165 Å². The molecule has 0 saturated carbocycles. The zero-order valence-corrected chi connectivity index (χ0v) is 15.7. The summed E-state index contributed by atoms with van der Waals surface area (Å²) in [6.45, 7) is 1.34. The van der Waals surface area contributed by atoms with E-state index in [0.717, 1.165) is 11.1 Å². The van der Waals surface area contributed by atoms with Crippen molar-refractivity contribution in [3.8, 4) is 0 Å². The zero-order chi connectivity index (χ0) is 15.8. The van der Waals surface area contributed by atoms with Crippen molar-refractivity contribution in [2.75, 3.05) is 13.2 Å². The molecule has 0 aromatic heterocycles. The minimum Gasteiger partial charge on any atom is -1.00 e. The van der Waals surface area contributed by atoms with E-state index in [1.54, 1.807) is 0 Å². The number of hydrogen-bond donors (Lipinski definition) is 1. The van der Waals surface area contributed by atoms with E-state index < -0.39 is 12.0 Å². The van der Waals surface area contributed by atoms with E-state index in [9.17, 15) is 9.90 Å². The average Bonchev–Trinajstić information content (AvgIpc) is 3.23. The molecule has 0 aliphatic carbocycles. The van der Waals surface area contributed by atoms with Crippen molar-refractivity contribution in [2.24, 2.45) is 5.92 Å². The Morgan fingerprint density at radius 3 is 1.92 bits per heavy atom. The van der Waals surface area contributed by atoms with E-state index in [-0.39, 0.29) is 43.1 Å². The van der Waals surface area contributed by atoms with Gasteiger partial charge in [0.25, 0.3) is 0 Å². The van der Waals surface area contributed by atoms with Gasteiger partial charge in [-0.15, -0.1) is 0 Å². The van der Waals surface area contributed by atoms with Gasteiger partial charge in [-0.25, -0.2) is 0 Å². The Kier molecular flexibility index (Phi) is 5.42. The Morgan fingerprint density at radius 1 is 1.04 bits per heavy atom. The molecule has 2 aliphatic rings. The molecule has 2 fully saturated rings. The number of carboxylic acids is 1. The van der Waals surface area contributed by atoms with Gasteiger partial charge >= 0.3 is 35.5 Å². The van der Waals surface area contributed by atoms with Crippen LogP contribution in [0, 0.1) is 5.92 Å². The van der Waals surface area contributed by atoms with Crippen LogP contribution in [0.3, 0.4) is 0 Å². The summed E-state index contributed by atoms with van der Waals surface area (Å²) in [5, 5.41) is 9.62. The maximum Gasteiger partial charge on any atom is 1.00 e. The fourth-order valence-corrected chi connectivity index (χ4v) is 3.63. The largest absolute Gasteiger partial charge is 1.00 e. The van der Waals surface area contributed by atoms with Gasteiger partial charge in [-0.3, -0.25) is 9.69 Å². The summed E-state index contributed by atoms with van der Waals surface area (Å²) in [5.41, 5.74) is 2.26. The Balaban J connectivity index is 0.00000113. The van der Waals surface area contributed by atoms with Gasteiger partial charge in [0, 0.05) is 12.0 Å². The van der Waals surface area contributed by atoms with E-state index in [2.05, 4.69) is 29.2 Å². The number of hydrogen-bond acceptors (Lipinski definition) is 3. The molecule has 2 saturated heterocycles. The molecule has 2 heterocycles. The van der Waals surface area contributed by atoms with Crippen molar-refractivity contribution in [2.45, 2.75) is 18.1 Å². The second-order valence-electron chi connectivity index (χ2n) is 6.24. The standard InChI is InChI=1S/C19H19NO3.Na.H/c21-19(22)18-17(15-11-23-12-15)20(18)16(13-7-3-1-4-8-13)14-9-5-2-6-10-14;;/h1-10,15-18H,11-12H2,(H,21,22);;/q;+1;-1/t17-,18+,20?;;/m0../s1. The van der Waals surface area contributed by atoms with Crippen LogP contribution in [0.4, 0.5) is 0 Å². The Hall–Kier alpha value is -1.17. The second kappa shape index (κ2) is 7.38. The molecular weight excluding hydrogens is 313 g/mol. The van der Waals surface area contributed by atoms with E-state index >= 15 is 0 Å². The zero-order valence-electron chi connectivity index (χ0n) is 14.7. The van der Waals surface area contributed by atoms with Crippen LogP contribution in [0.2, 0.25) is 0 Å². The smallest absolute Gasteiger partial charge is 1.00 e. The van der Waals surface area contributed by atoms with Crippen LogP contribution in [0.5, 0.6) is 0 Å². The van der Waals surface area contributed by atoms with Gasteiger partial charge in [0.15, 0.2) is 0 Å². The van der Waals surface area contributed by atoms with Crippen LogP contribution >= 0.6 is 0 Å². The molecular formula is C19H20NNaO3. The Morgan fingerprint density at radius 2 is 1.54 bits per heavy atom. The van der Waals surface area contributed by atoms with Crippen molar-refractivity contribution in [1.29, 1.82) is 0 Å². The van der Waals surface area contributed by atoms with Crippen molar-refractivity contribution in [1.82, 2.24) is 4.90 Å². The minimum atomic E-state index is -0.737. The topological polar surface area (TPSA) is 49.5 Å². The third-order valence-corrected chi connectivity index (χ3v) is 4.83. The third kappa shape index (κ3) is 3.17. The maximum atomic E-state index is 11.7. The molecule has 0 spiro atoms. The van der Waals surface area contributed by atoms with Gasteiger partial charge in [0.1, 0.15) is 6.04 Å². The number of ether oxygens (including phenoxy) is 1. The molecule has 0 bridgehead atoms. The Bertz CT molecular complexity index is 657. The number of benzene rings is 2. The first kappa shape index (κ1) is 17.6. The molecule has 24 heavy (non-hydrogen) atoms. The van der Waals surface area contributed by atoms with Crippen LogP contribution in [0.1, 0.15) is 18.6 Å². The predicted octanol–water partition coefficient (Wildman–Crippen LogP) is -0.324. The summed E-state index contributed by atoms with van der Waals surface area (Å²) >= 11 is 0. The quantitative estimate of drug-likeness (QED) is 0.602. The minimum absolute atomic E-state index is 0. The first-order chi connectivity index (χ1) is 11.3.